The molecule has 3 amide bonds. The molecule has 2 saturated carbocycles. The molecule has 3 N–H and O–H groups in total. The first-order chi connectivity index (χ1) is 21.4. The number of methoxy groups -OCH3 is 1. The molecular formula is C32H42N6O7. The zero-order valence-corrected chi connectivity index (χ0v) is 26.2. The maximum absolute atomic E-state index is 14.3. The number of aromatic nitrogens is 3. The highest BCUT2D eigenvalue weighted by atomic mass is 16.6. The van der Waals surface area contributed by atoms with Crippen LogP contribution in [0.15, 0.2) is 43.1 Å². The summed E-state index contributed by atoms with van der Waals surface area (Å²) in [5.74, 6) is -1.93. The number of ether oxygens (including phenoxy) is 2. The Morgan fingerprint density at radius 3 is 2.42 bits per heavy atom. The first-order valence-electron chi connectivity index (χ1n) is 15.4. The minimum atomic E-state index is -1.47. The van der Waals surface area contributed by atoms with E-state index in [1.54, 1.807) is 18.0 Å². The van der Waals surface area contributed by atoms with Gasteiger partial charge in [-0.2, -0.15) is 0 Å². The van der Waals surface area contributed by atoms with Crippen LogP contribution < -0.4 is 15.4 Å². The molecule has 5 rings (SSSR count). The van der Waals surface area contributed by atoms with E-state index in [1.165, 1.54) is 11.0 Å². The number of carboxylic acid groups (broad SMARTS) is 1. The van der Waals surface area contributed by atoms with Crippen molar-refractivity contribution < 1.29 is 33.8 Å². The van der Waals surface area contributed by atoms with E-state index in [-0.39, 0.29) is 25.5 Å². The van der Waals surface area contributed by atoms with Crippen molar-refractivity contribution in [2.24, 2.45) is 11.3 Å². The number of aliphatic carboxylic acids is 1. The highest BCUT2D eigenvalue weighted by Gasteiger charge is 2.61. The number of likely N-dealkylation sites (tertiary alicyclic amines) is 1. The van der Waals surface area contributed by atoms with Crippen molar-refractivity contribution in [3.05, 3.63) is 43.1 Å². The number of carbonyl (C=O) groups excluding carboxylic acids is 3. The zero-order valence-electron chi connectivity index (χ0n) is 26.2. The van der Waals surface area contributed by atoms with Crippen LogP contribution in [-0.4, -0.2) is 86.3 Å². The number of hydrogen-bond acceptors (Lipinski definition) is 8. The van der Waals surface area contributed by atoms with Crippen LogP contribution in [0.25, 0.3) is 11.3 Å². The van der Waals surface area contributed by atoms with Crippen LogP contribution >= 0.6 is 0 Å². The molecule has 2 aromatic rings. The number of nitrogens with one attached hydrogen (secondary N) is 2. The average Bonchev–Trinajstić information content (AvgIpc) is 3.46. The number of hydrogen-bond donors (Lipinski definition) is 3. The Kier molecular flexibility index (Phi) is 8.90. The maximum atomic E-state index is 14.3. The summed E-state index contributed by atoms with van der Waals surface area (Å²) in [5.41, 5.74) is -0.781. The van der Waals surface area contributed by atoms with Gasteiger partial charge in [0.2, 0.25) is 11.8 Å². The summed E-state index contributed by atoms with van der Waals surface area (Å²) in [7, 11) is 1.59. The molecule has 242 valence electrons. The molecule has 0 bridgehead atoms. The van der Waals surface area contributed by atoms with Gasteiger partial charge in [-0.05, 0) is 61.8 Å². The molecule has 0 radical (unpaired) electrons. The summed E-state index contributed by atoms with van der Waals surface area (Å²) in [6.07, 6.45) is 6.32. The summed E-state index contributed by atoms with van der Waals surface area (Å²) in [6, 6.07) is 4.87. The topological polar surface area (TPSA) is 165 Å². The maximum Gasteiger partial charge on any atom is 0.408 e. The molecule has 0 unspecified atom stereocenters. The number of carboxylic acids is 1. The third-order valence-electron chi connectivity index (χ3n) is 9.11. The Morgan fingerprint density at radius 2 is 1.84 bits per heavy atom. The van der Waals surface area contributed by atoms with Crippen LogP contribution in [0, 0.1) is 11.3 Å². The standard InChI is InChI=1S/C32H42N6O7/c1-6-20-16-32(20,29(41)42)34-27(39)25-15-21(38-18-24(35-36-38)19-11-13-22(44-5)14-12-19)17-37(25)28(40)26(31(2,3)4)33-30(43)45-23-9-7-8-10-23/h6,11-14,18,20-21,23,25-26H,1,7-10,15-17H2,2-5H3,(H,33,43)(H,34,39)(H,41,42)/t20-,21-,25+,26-,32-/m1/s1. The molecule has 3 fully saturated rings. The Balaban J connectivity index is 1.40. The zero-order chi connectivity index (χ0) is 32.5. The van der Waals surface area contributed by atoms with Gasteiger partial charge in [0, 0.05) is 24.4 Å². The average molecular weight is 623 g/mol. The number of nitrogens with zero attached hydrogens (tertiary/aromatic N) is 4. The number of amides is 3. The lowest BCUT2D eigenvalue weighted by Crippen LogP contribution is -2.59. The number of carbonyl (C=O) groups is 4. The second kappa shape index (κ2) is 12.5. The fourth-order valence-electron chi connectivity index (χ4n) is 6.29. The minimum absolute atomic E-state index is 0.0965. The quantitative estimate of drug-likeness (QED) is 0.337. The predicted molar refractivity (Wildman–Crippen MR) is 163 cm³/mol. The predicted octanol–water partition coefficient (Wildman–Crippen LogP) is 3.32. The Bertz CT molecular complexity index is 1440. The van der Waals surface area contributed by atoms with Crippen molar-refractivity contribution in [1.29, 1.82) is 0 Å². The van der Waals surface area contributed by atoms with E-state index >= 15 is 0 Å². The summed E-state index contributed by atoms with van der Waals surface area (Å²) >= 11 is 0. The van der Waals surface area contributed by atoms with E-state index in [4.69, 9.17) is 9.47 Å². The van der Waals surface area contributed by atoms with E-state index < -0.39 is 58.9 Å². The van der Waals surface area contributed by atoms with Gasteiger partial charge in [0.05, 0.1) is 19.3 Å². The highest BCUT2D eigenvalue weighted by molar-refractivity contribution is 5.96. The van der Waals surface area contributed by atoms with Crippen molar-refractivity contribution in [2.45, 2.75) is 89.1 Å². The van der Waals surface area contributed by atoms with Crippen molar-refractivity contribution in [3.8, 4) is 17.0 Å². The van der Waals surface area contributed by atoms with Crippen LogP contribution in [-0.2, 0) is 19.1 Å². The molecule has 1 aliphatic heterocycles. The van der Waals surface area contributed by atoms with Gasteiger partial charge in [-0.1, -0.05) is 32.1 Å². The molecule has 13 heteroatoms. The van der Waals surface area contributed by atoms with Crippen molar-refractivity contribution in [2.75, 3.05) is 13.7 Å². The Morgan fingerprint density at radius 1 is 1.16 bits per heavy atom. The van der Waals surface area contributed by atoms with Crippen LogP contribution in [0.1, 0.15) is 65.3 Å². The molecule has 13 nitrogen and oxygen atoms in total. The van der Waals surface area contributed by atoms with E-state index in [0.29, 0.717) is 11.4 Å². The van der Waals surface area contributed by atoms with Crippen molar-refractivity contribution in [1.82, 2.24) is 30.5 Å². The largest absolute Gasteiger partial charge is 0.497 e. The molecular weight excluding hydrogens is 580 g/mol. The van der Waals surface area contributed by atoms with Gasteiger partial charge in [-0.3, -0.25) is 9.59 Å². The van der Waals surface area contributed by atoms with Gasteiger partial charge in [0.15, 0.2) is 0 Å². The fraction of sp³-hybridized carbons (Fsp3) is 0.562. The molecule has 1 saturated heterocycles. The Hall–Kier alpha value is -4.42. The van der Waals surface area contributed by atoms with Crippen LogP contribution in [0.4, 0.5) is 4.79 Å². The normalized spacial score (nSPS) is 25.3. The second-order valence-corrected chi connectivity index (χ2v) is 13.3. The van der Waals surface area contributed by atoms with Crippen LogP contribution in [0.5, 0.6) is 5.75 Å². The Labute approximate surface area is 262 Å². The third kappa shape index (κ3) is 6.66. The summed E-state index contributed by atoms with van der Waals surface area (Å²) in [6.45, 7) is 9.26. The second-order valence-electron chi connectivity index (χ2n) is 13.3. The molecule has 2 aliphatic carbocycles. The summed E-state index contributed by atoms with van der Waals surface area (Å²) in [4.78, 5) is 54.5. The van der Waals surface area contributed by atoms with E-state index in [0.717, 1.165) is 31.2 Å². The minimum Gasteiger partial charge on any atom is -0.497 e. The summed E-state index contributed by atoms with van der Waals surface area (Å²) < 4.78 is 12.5. The smallest absolute Gasteiger partial charge is 0.408 e. The van der Waals surface area contributed by atoms with Crippen LogP contribution in [0.3, 0.4) is 0 Å². The fourth-order valence-corrected chi connectivity index (χ4v) is 6.29. The van der Waals surface area contributed by atoms with E-state index in [2.05, 4.69) is 27.5 Å². The van der Waals surface area contributed by atoms with Gasteiger partial charge in [0.25, 0.3) is 0 Å². The highest BCUT2D eigenvalue weighted by Crippen LogP contribution is 2.45. The lowest BCUT2D eigenvalue weighted by molar-refractivity contribution is -0.146. The first-order valence-corrected chi connectivity index (χ1v) is 15.4. The van der Waals surface area contributed by atoms with Crippen molar-refractivity contribution in [3.63, 3.8) is 0 Å². The lowest BCUT2D eigenvalue weighted by atomic mass is 9.85. The summed E-state index contributed by atoms with van der Waals surface area (Å²) in [5, 5.41) is 24.0. The third-order valence-corrected chi connectivity index (χ3v) is 9.11. The van der Waals surface area contributed by atoms with Gasteiger partial charge in [0.1, 0.15) is 35.2 Å². The number of alkyl carbamates (subject to hydrolysis) is 1. The molecule has 2 heterocycles. The molecule has 1 aromatic carbocycles. The molecule has 0 spiro atoms. The SMILES string of the molecule is C=C[C@@H]1C[C@]1(NC(=O)[C@@H]1C[C@@H](n2cc(-c3ccc(OC)cc3)nn2)CN1C(=O)[C@@H](NC(=O)OC1CCCC1)C(C)(C)C)C(=O)O. The first kappa shape index (κ1) is 32.0. The van der Waals surface area contributed by atoms with Crippen molar-refractivity contribution >= 4 is 23.9 Å². The number of benzene rings is 1. The van der Waals surface area contributed by atoms with E-state index in [9.17, 15) is 24.3 Å². The molecule has 45 heavy (non-hydrogen) atoms. The monoisotopic (exact) mass is 622 g/mol. The molecule has 5 atom stereocenters. The van der Waals surface area contributed by atoms with Gasteiger partial charge >= 0.3 is 12.1 Å². The molecule has 1 aromatic heterocycles. The number of rotatable bonds is 10. The van der Waals surface area contributed by atoms with Gasteiger partial charge in [-0.15, -0.1) is 11.7 Å². The van der Waals surface area contributed by atoms with Crippen LogP contribution in [0.2, 0.25) is 0 Å². The molecule has 3 aliphatic rings. The lowest BCUT2D eigenvalue weighted by Gasteiger charge is -2.35. The van der Waals surface area contributed by atoms with Gasteiger partial charge < -0.3 is 30.1 Å². The van der Waals surface area contributed by atoms with E-state index in [1.807, 2.05) is 45.0 Å². The van der Waals surface area contributed by atoms with Gasteiger partial charge in [-0.25, -0.2) is 14.3 Å².